The van der Waals surface area contributed by atoms with E-state index in [1.807, 2.05) is 24.3 Å². The van der Waals surface area contributed by atoms with E-state index in [0.29, 0.717) is 0 Å². The highest BCUT2D eigenvalue weighted by Gasteiger charge is 2.29. The molecule has 0 fully saturated rings. The number of benzene rings is 7. The van der Waals surface area contributed by atoms with Crippen LogP contribution in [0.5, 0.6) is 0 Å². The normalized spacial score (nSPS) is 11.7. The monoisotopic (exact) mass is 550 g/mol. The molecule has 202 valence electrons. The van der Waals surface area contributed by atoms with Gasteiger partial charge < -0.3 is 0 Å². The van der Waals surface area contributed by atoms with Gasteiger partial charge in [0.25, 0.3) is 0 Å². The van der Waals surface area contributed by atoms with Crippen LogP contribution in [-0.4, -0.2) is 0 Å². The maximum absolute atomic E-state index is 12.9. The fourth-order valence-corrected chi connectivity index (χ4v) is 5.63. The summed E-state index contributed by atoms with van der Waals surface area (Å²) in [5.74, 6) is 0. The van der Waals surface area contributed by atoms with Gasteiger partial charge >= 0.3 is 6.18 Å². The fraction of sp³-hybridized carbons (Fsp3) is 0.0256. The highest BCUT2D eigenvalue weighted by molar-refractivity contribution is 5.97. The zero-order chi connectivity index (χ0) is 28.7. The summed E-state index contributed by atoms with van der Waals surface area (Å²) in [6.45, 7) is 0. The van der Waals surface area contributed by atoms with Crippen molar-refractivity contribution in [2.45, 2.75) is 6.18 Å². The Hall–Kier alpha value is -5.15. The molecule has 42 heavy (non-hydrogen) atoms. The van der Waals surface area contributed by atoms with Crippen LogP contribution in [0.25, 0.3) is 66.1 Å². The minimum Gasteiger partial charge on any atom is -0.166 e. The Bertz CT molecular complexity index is 2030. The molecule has 3 heteroatoms. The largest absolute Gasteiger partial charge is 0.416 e. The molecule has 0 saturated carbocycles. The molecule has 0 unspecified atom stereocenters. The first-order valence-corrected chi connectivity index (χ1v) is 13.8. The number of halogens is 3. The average Bonchev–Trinajstić information content (AvgIpc) is 3.04. The zero-order valence-corrected chi connectivity index (χ0v) is 22.6. The summed E-state index contributed by atoms with van der Waals surface area (Å²) in [7, 11) is 0. The van der Waals surface area contributed by atoms with Crippen LogP contribution < -0.4 is 0 Å². The van der Waals surface area contributed by atoms with Gasteiger partial charge in [-0.05, 0) is 90.3 Å². The van der Waals surface area contributed by atoms with Gasteiger partial charge in [-0.3, -0.25) is 0 Å². The predicted molar refractivity (Wildman–Crippen MR) is 168 cm³/mol. The van der Waals surface area contributed by atoms with E-state index < -0.39 is 11.7 Å². The van der Waals surface area contributed by atoms with Gasteiger partial charge in [0.05, 0.1) is 5.56 Å². The predicted octanol–water partition coefficient (Wildman–Crippen LogP) is 11.7. The lowest BCUT2D eigenvalue weighted by atomic mass is 9.94. The molecule has 0 spiro atoms. The van der Waals surface area contributed by atoms with Crippen molar-refractivity contribution in [2.24, 2.45) is 0 Å². The summed E-state index contributed by atoms with van der Waals surface area (Å²) in [6, 6.07) is 49.8. The molecular weight excluding hydrogens is 525 g/mol. The lowest BCUT2D eigenvalue weighted by molar-refractivity contribution is -0.137. The van der Waals surface area contributed by atoms with E-state index in [1.54, 1.807) is 0 Å². The van der Waals surface area contributed by atoms with Crippen molar-refractivity contribution in [3.8, 4) is 44.5 Å². The Balaban J connectivity index is 1.12. The maximum atomic E-state index is 12.9. The van der Waals surface area contributed by atoms with Gasteiger partial charge in [-0.1, -0.05) is 127 Å². The van der Waals surface area contributed by atoms with E-state index >= 15 is 0 Å². The van der Waals surface area contributed by atoms with Crippen LogP contribution in [0.1, 0.15) is 5.56 Å². The Morgan fingerprint density at radius 3 is 1.31 bits per heavy atom. The number of hydrogen-bond acceptors (Lipinski definition) is 0. The molecule has 0 saturated heterocycles. The number of hydrogen-bond donors (Lipinski definition) is 0. The molecule has 0 heterocycles. The third-order valence-corrected chi connectivity index (χ3v) is 7.92. The summed E-state index contributed by atoms with van der Waals surface area (Å²) >= 11 is 0. The van der Waals surface area contributed by atoms with Crippen LogP contribution in [0.15, 0.2) is 152 Å². The van der Waals surface area contributed by atoms with Crippen LogP contribution in [0.4, 0.5) is 13.2 Å². The third kappa shape index (κ3) is 4.95. The Morgan fingerprint density at radius 1 is 0.333 bits per heavy atom. The first-order chi connectivity index (χ1) is 20.4. The van der Waals surface area contributed by atoms with Gasteiger partial charge in [0, 0.05) is 0 Å². The number of alkyl halides is 3. The molecule has 0 amide bonds. The molecule has 0 aromatic heterocycles. The highest BCUT2D eigenvalue weighted by atomic mass is 19.4. The molecule has 7 aromatic carbocycles. The van der Waals surface area contributed by atoms with Gasteiger partial charge in [-0.15, -0.1) is 0 Å². The van der Waals surface area contributed by atoms with Crippen molar-refractivity contribution < 1.29 is 13.2 Å². The summed E-state index contributed by atoms with van der Waals surface area (Å²) < 4.78 is 38.7. The molecular formula is C39H25F3. The Morgan fingerprint density at radius 2 is 0.762 bits per heavy atom. The Labute approximate surface area is 242 Å². The number of rotatable bonds is 4. The highest BCUT2D eigenvalue weighted by Crippen LogP contribution is 2.34. The van der Waals surface area contributed by atoms with E-state index in [-0.39, 0.29) is 0 Å². The minimum atomic E-state index is -4.33. The second-order valence-electron chi connectivity index (χ2n) is 10.5. The zero-order valence-electron chi connectivity index (χ0n) is 22.6. The van der Waals surface area contributed by atoms with Gasteiger partial charge in [-0.25, -0.2) is 0 Å². The van der Waals surface area contributed by atoms with Gasteiger partial charge in [-0.2, -0.15) is 13.2 Å². The number of fused-ring (bicyclic) bond motifs is 2. The van der Waals surface area contributed by atoms with Crippen molar-refractivity contribution in [1.82, 2.24) is 0 Å². The third-order valence-electron chi connectivity index (χ3n) is 7.92. The molecule has 7 rings (SSSR count). The Kier molecular flexibility index (Phi) is 6.36. The summed E-state index contributed by atoms with van der Waals surface area (Å²) in [5.41, 5.74) is 7.91. The van der Waals surface area contributed by atoms with Crippen molar-refractivity contribution in [1.29, 1.82) is 0 Å². The smallest absolute Gasteiger partial charge is 0.166 e. The molecule has 0 nitrogen and oxygen atoms in total. The second kappa shape index (κ2) is 10.4. The fourth-order valence-electron chi connectivity index (χ4n) is 5.63. The van der Waals surface area contributed by atoms with Crippen LogP contribution in [-0.2, 0) is 6.18 Å². The molecule has 7 aromatic rings. The van der Waals surface area contributed by atoms with Gasteiger partial charge in [0.15, 0.2) is 0 Å². The van der Waals surface area contributed by atoms with Crippen molar-refractivity contribution >= 4 is 21.5 Å². The van der Waals surface area contributed by atoms with Crippen LogP contribution in [0.2, 0.25) is 0 Å². The molecule has 0 N–H and O–H groups in total. The first kappa shape index (κ1) is 25.8. The lowest BCUT2D eigenvalue weighted by Crippen LogP contribution is -2.03. The van der Waals surface area contributed by atoms with Crippen LogP contribution in [0, 0.1) is 0 Å². The van der Waals surface area contributed by atoms with E-state index in [4.69, 9.17) is 0 Å². The maximum Gasteiger partial charge on any atom is 0.416 e. The van der Waals surface area contributed by atoms with Gasteiger partial charge in [0.1, 0.15) is 0 Å². The summed E-state index contributed by atoms with van der Waals surface area (Å²) in [4.78, 5) is 0. The lowest BCUT2D eigenvalue weighted by Gasteiger charge is -2.10. The molecule has 0 bridgehead atoms. The standard InChI is InChI=1S/C39H25F3/c40-39(41,42)36-22-20-27(21-23-36)26-8-10-28(11-9-26)32-16-18-35-25-33(17-19-34(35)24-32)29-12-14-31(15-13-29)38-7-3-5-30-4-1-2-6-37(30)38/h1-25H. The minimum absolute atomic E-state index is 0.639. The molecule has 0 aliphatic carbocycles. The quantitative estimate of drug-likeness (QED) is 0.204. The topological polar surface area (TPSA) is 0 Å². The summed E-state index contributed by atoms with van der Waals surface area (Å²) in [6.07, 6.45) is -4.33. The summed E-state index contributed by atoms with van der Waals surface area (Å²) in [5, 5.41) is 4.80. The first-order valence-electron chi connectivity index (χ1n) is 13.8. The SMILES string of the molecule is FC(F)(F)c1ccc(-c2ccc(-c3ccc4cc(-c5ccc(-c6cccc7ccccc67)cc5)ccc4c3)cc2)cc1. The van der Waals surface area contributed by atoms with Crippen molar-refractivity contribution in [3.05, 3.63) is 157 Å². The van der Waals surface area contributed by atoms with Crippen LogP contribution in [0.3, 0.4) is 0 Å². The molecule has 0 aliphatic rings. The van der Waals surface area contributed by atoms with E-state index in [9.17, 15) is 13.2 Å². The van der Waals surface area contributed by atoms with Crippen molar-refractivity contribution in [2.75, 3.05) is 0 Å². The molecule has 0 radical (unpaired) electrons. The van der Waals surface area contributed by atoms with E-state index in [0.717, 1.165) is 45.2 Å². The van der Waals surface area contributed by atoms with E-state index in [1.165, 1.54) is 45.2 Å². The second-order valence-corrected chi connectivity index (χ2v) is 10.5. The van der Waals surface area contributed by atoms with Crippen LogP contribution >= 0.6 is 0 Å². The molecule has 0 aliphatic heterocycles. The molecule has 0 atom stereocenters. The van der Waals surface area contributed by atoms with Crippen molar-refractivity contribution in [3.63, 3.8) is 0 Å². The van der Waals surface area contributed by atoms with Gasteiger partial charge in [0.2, 0.25) is 0 Å². The van der Waals surface area contributed by atoms with E-state index in [2.05, 4.69) is 103 Å². The average molecular weight is 551 g/mol.